The zero-order chi connectivity index (χ0) is 18.6. The number of aliphatic hydroxyl groups excluding tert-OH is 1. The molecule has 26 heavy (non-hydrogen) atoms. The smallest absolute Gasteiger partial charge is 0.220 e. The molecule has 1 atom stereocenters. The third-order valence-electron chi connectivity index (χ3n) is 5.28. The molecule has 1 fully saturated rings. The predicted molar refractivity (Wildman–Crippen MR) is 108 cm³/mol. The van der Waals surface area contributed by atoms with Crippen LogP contribution in [0, 0.1) is 0 Å². The summed E-state index contributed by atoms with van der Waals surface area (Å²) in [7, 11) is 0. The van der Waals surface area contributed by atoms with Gasteiger partial charge in [-0.05, 0) is 56.0 Å². The fraction of sp³-hybridized carbons (Fsp3) is 0.476. The van der Waals surface area contributed by atoms with Crippen molar-refractivity contribution < 1.29 is 9.90 Å². The summed E-state index contributed by atoms with van der Waals surface area (Å²) in [6, 6.07) is 11.8. The first kappa shape index (κ1) is 19.4. The van der Waals surface area contributed by atoms with Gasteiger partial charge in [0.1, 0.15) is 0 Å². The van der Waals surface area contributed by atoms with Crippen LogP contribution in [-0.4, -0.2) is 17.6 Å². The third-order valence-corrected chi connectivity index (χ3v) is 7.01. The number of aryl methyl sites for hydroxylation is 1. The highest BCUT2D eigenvalue weighted by atomic mass is 35.5. The van der Waals surface area contributed by atoms with Crippen LogP contribution >= 0.6 is 22.9 Å². The molecule has 0 spiro atoms. The topological polar surface area (TPSA) is 49.3 Å². The lowest BCUT2D eigenvalue weighted by atomic mass is 9.84. The Labute approximate surface area is 164 Å². The van der Waals surface area contributed by atoms with Crippen LogP contribution in [0.25, 0.3) is 0 Å². The number of nitrogens with one attached hydrogen (secondary N) is 1. The second kappa shape index (κ2) is 8.55. The summed E-state index contributed by atoms with van der Waals surface area (Å²) < 4.78 is 0. The van der Waals surface area contributed by atoms with Crippen molar-refractivity contribution in [2.75, 3.05) is 6.54 Å². The summed E-state index contributed by atoms with van der Waals surface area (Å²) >= 11 is 7.69. The van der Waals surface area contributed by atoms with Gasteiger partial charge < -0.3 is 10.4 Å². The molecule has 0 radical (unpaired) electrons. The van der Waals surface area contributed by atoms with Crippen molar-refractivity contribution in [1.29, 1.82) is 0 Å². The number of benzene rings is 1. The Balaban J connectivity index is 1.59. The van der Waals surface area contributed by atoms with E-state index in [0.29, 0.717) is 24.4 Å². The lowest BCUT2D eigenvalue weighted by Crippen LogP contribution is -2.38. The molecule has 1 aliphatic rings. The van der Waals surface area contributed by atoms with E-state index in [1.165, 1.54) is 17.7 Å². The monoisotopic (exact) mass is 391 g/mol. The Hall–Kier alpha value is -1.36. The summed E-state index contributed by atoms with van der Waals surface area (Å²) in [5.74, 6) is 0.0866. The van der Waals surface area contributed by atoms with Gasteiger partial charge in [-0.25, -0.2) is 0 Å². The molecule has 2 N–H and O–H groups in total. The number of rotatable bonds is 7. The van der Waals surface area contributed by atoms with E-state index in [2.05, 4.69) is 11.4 Å². The number of thiophene rings is 1. The first-order chi connectivity index (χ1) is 12.5. The number of carbonyl (C=O) groups is 1. The fourth-order valence-corrected chi connectivity index (χ4v) is 5.13. The van der Waals surface area contributed by atoms with Gasteiger partial charge in [-0.3, -0.25) is 4.79 Å². The van der Waals surface area contributed by atoms with Gasteiger partial charge in [0.05, 0.1) is 6.10 Å². The maximum atomic E-state index is 12.4. The Morgan fingerprint density at radius 1 is 1.31 bits per heavy atom. The maximum Gasteiger partial charge on any atom is 0.220 e. The molecular weight excluding hydrogens is 366 g/mol. The van der Waals surface area contributed by atoms with E-state index < -0.39 is 6.10 Å². The Kier molecular flexibility index (Phi) is 6.38. The maximum absolute atomic E-state index is 12.4. The molecule has 1 unspecified atom stereocenters. The molecule has 0 saturated heterocycles. The predicted octanol–water partition coefficient (Wildman–Crippen LogP) is 5.02. The van der Waals surface area contributed by atoms with Gasteiger partial charge in [-0.2, -0.15) is 0 Å². The number of aliphatic hydroxyl groups is 1. The molecule has 1 amide bonds. The normalized spacial score (nSPS) is 17.2. The second-order valence-electron chi connectivity index (χ2n) is 7.27. The van der Waals surface area contributed by atoms with Gasteiger partial charge >= 0.3 is 0 Å². The van der Waals surface area contributed by atoms with Gasteiger partial charge in [0.2, 0.25) is 5.91 Å². The lowest BCUT2D eigenvalue weighted by molar-refractivity contribution is -0.121. The molecule has 3 nitrogen and oxygen atoms in total. The van der Waals surface area contributed by atoms with Gasteiger partial charge in [0.25, 0.3) is 0 Å². The van der Waals surface area contributed by atoms with Crippen molar-refractivity contribution in [2.45, 2.75) is 57.0 Å². The minimum absolute atomic E-state index is 0.0313. The SMILES string of the molecule is CC(O)c1ccc(C2(CNC(=O)CCc3cccc(Cl)c3)CCCC2)s1. The van der Waals surface area contributed by atoms with Crippen molar-refractivity contribution >= 4 is 28.8 Å². The van der Waals surface area contributed by atoms with E-state index in [-0.39, 0.29) is 11.3 Å². The van der Waals surface area contributed by atoms with Gasteiger partial charge in [-0.1, -0.05) is 36.6 Å². The van der Waals surface area contributed by atoms with Crippen LogP contribution in [0.2, 0.25) is 5.02 Å². The average Bonchev–Trinajstić information content (AvgIpc) is 3.28. The molecule has 1 saturated carbocycles. The van der Waals surface area contributed by atoms with Crippen LogP contribution in [0.3, 0.4) is 0 Å². The lowest BCUT2D eigenvalue weighted by Gasteiger charge is -2.28. The van der Waals surface area contributed by atoms with E-state index in [9.17, 15) is 9.90 Å². The second-order valence-corrected chi connectivity index (χ2v) is 8.82. The van der Waals surface area contributed by atoms with Gasteiger partial charge in [0, 0.05) is 33.2 Å². The third kappa shape index (κ3) is 4.67. The first-order valence-corrected chi connectivity index (χ1v) is 10.5. The van der Waals surface area contributed by atoms with E-state index in [4.69, 9.17) is 11.6 Å². The number of hydrogen-bond acceptors (Lipinski definition) is 3. The summed E-state index contributed by atoms with van der Waals surface area (Å²) in [4.78, 5) is 14.7. The molecule has 3 rings (SSSR count). The van der Waals surface area contributed by atoms with Gasteiger partial charge in [0.15, 0.2) is 0 Å². The number of amides is 1. The van der Waals surface area contributed by atoms with E-state index in [1.807, 2.05) is 30.3 Å². The molecule has 140 valence electrons. The molecular formula is C21H26ClNO2S. The van der Waals surface area contributed by atoms with E-state index in [1.54, 1.807) is 18.3 Å². The number of halogens is 1. The van der Waals surface area contributed by atoms with Gasteiger partial charge in [-0.15, -0.1) is 11.3 Å². The van der Waals surface area contributed by atoms with Crippen molar-refractivity contribution in [1.82, 2.24) is 5.32 Å². The van der Waals surface area contributed by atoms with Crippen LogP contribution < -0.4 is 5.32 Å². The zero-order valence-electron chi connectivity index (χ0n) is 15.1. The zero-order valence-corrected chi connectivity index (χ0v) is 16.7. The molecule has 1 aromatic heterocycles. The molecule has 0 bridgehead atoms. The average molecular weight is 392 g/mol. The summed E-state index contributed by atoms with van der Waals surface area (Å²) in [5.41, 5.74) is 1.12. The summed E-state index contributed by atoms with van der Waals surface area (Å²) in [6.45, 7) is 2.48. The molecule has 0 aliphatic heterocycles. The van der Waals surface area contributed by atoms with E-state index >= 15 is 0 Å². The molecule has 1 heterocycles. The van der Waals surface area contributed by atoms with Crippen molar-refractivity contribution in [3.63, 3.8) is 0 Å². The molecule has 1 aliphatic carbocycles. The number of carbonyl (C=O) groups excluding carboxylic acids is 1. The minimum Gasteiger partial charge on any atom is -0.388 e. The van der Waals surface area contributed by atoms with Crippen molar-refractivity contribution in [3.8, 4) is 0 Å². The molecule has 1 aromatic carbocycles. The standard InChI is InChI=1S/C21H26ClNO2S/c1-15(24)18-8-9-19(26-18)21(11-2-3-12-21)14-23-20(25)10-7-16-5-4-6-17(22)13-16/h4-6,8-9,13,15,24H,2-3,7,10-12,14H2,1H3,(H,23,25). The van der Waals surface area contributed by atoms with E-state index in [0.717, 1.165) is 23.3 Å². The Morgan fingerprint density at radius 3 is 2.73 bits per heavy atom. The van der Waals surface area contributed by atoms with Crippen LogP contribution in [0.4, 0.5) is 0 Å². The van der Waals surface area contributed by atoms with Crippen LogP contribution in [0.1, 0.15) is 60.4 Å². The number of hydrogen-bond donors (Lipinski definition) is 2. The highest BCUT2D eigenvalue weighted by Gasteiger charge is 2.37. The summed E-state index contributed by atoms with van der Waals surface area (Å²) in [5, 5.41) is 13.7. The Bertz CT molecular complexity index is 750. The minimum atomic E-state index is -0.431. The quantitative estimate of drug-likeness (QED) is 0.696. The molecule has 2 aromatic rings. The van der Waals surface area contributed by atoms with Crippen molar-refractivity contribution in [3.05, 3.63) is 56.7 Å². The van der Waals surface area contributed by atoms with Crippen LogP contribution in [-0.2, 0) is 16.6 Å². The summed E-state index contributed by atoms with van der Waals surface area (Å²) in [6.07, 6.45) is 5.33. The first-order valence-electron chi connectivity index (χ1n) is 9.28. The largest absolute Gasteiger partial charge is 0.388 e. The van der Waals surface area contributed by atoms with Crippen LogP contribution in [0.5, 0.6) is 0 Å². The Morgan fingerprint density at radius 2 is 2.08 bits per heavy atom. The highest BCUT2D eigenvalue weighted by Crippen LogP contribution is 2.44. The van der Waals surface area contributed by atoms with Crippen LogP contribution in [0.15, 0.2) is 36.4 Å². The highest BCUT2D eigenvalue weighted by molar-refractivity contribution is 7.12. The van der Waals surface area contributed by atoms with Crippen molar-refractivity contribution in [2.24, 2.45) is 0 Å². The fourth-order valence-electron chi connectivity index (χ4n) is 3.73. The molecule has 5 heteroatoms.